The van der Waals surface area contributed by atoms with E-state index in [0.29, 0.717) is 0 Å². The molecule has 1 aliphatic rings. The van der Waals surface area contributed by atoms with Gasteiger partial charge in [0, 0.05) is 27.3 Å². The molecule has 0 N–H and O–H groups in total. The lowest BCUT2D eigenvalue weighted by Gasteiger charge is -2.32. The van der Waals surface area contributed by atoms with E-state index in [2.05, 4.69) is 105 Å². The van der Waals surface area contributed by atoms with E-state index in [9.17, 15) is 0 Å². The minimum absolute atomic E-state index is 0.441. The van der Waals surface area contributed by atoms with Crippen LogP contribution < -0.4 is 5.46 Å². The molecule has 0 spiro atoms. The predicted octanol–water partition coefficient (Wildman–Crippen LogP) is 6.98. The van der Waals surface area contributed by atoms with E-state index in [-0.39, 0.29) is 0 Å². The topological polar surface area (TPSA) is 36.5 Å². The summed E-state index contributed by atoms with van der Waals surface area (Å²) in [6.07, 6.45) is 0. The lowest BCUT2D eigenvalue weighted by molar-refractivity contribution is 0.00578. The van der Waals surface area contributed by atoms with Gasteiger partial charge in [-0.1, -0.05) is 54.6 Å². The summed E-state index contributed by atoms with van der Waals surface area (Å²) in [6, 6.07) is 29.6. The highest BCUT2D eigenvalue weighted by molar-refractivity contribution is 6.66. The van der Waals surface area contributed by atoms with Gasteiger partial charge in [-0.2, -0.15) is 0 Å². The number of nitrogens with zero attached hydrogens (tertiary/aromatic N) is 1. The van der Waals surface area contributed by atoms with Crippen LogP contribution in [-0.2, 0) is 9.31 Å². The van der Waals surface area contributed by atoms with Gasteiger partial charge >= 0.3 is 7.12 Å². The van der Waals surface area contributed by atoms with E-state index in [0.717, 1.165) is 49.5 Å². The third-order valence-electron chi connectivity index (χ3n) is 7.83. The zero-order valence-electron chi connectivity index (χ0n) is 20.3. The average molecular weight is 459 g/mol. The minimum Gasteiger partial charge on any atom is -0.456 e. The Balaban J connectivity index is 1.67. The number of hydrogen-bond acceptors (Lipinski definition) is 3. The molecule has 0 unspecified atom stereocenters. The molecule has 6 aromatic rings. The molecule has 4 nitrogen and oxygen atoms in total. The van der Waals surface area contributed by atoms with Crippen molar-refractivity contribution in [2.45, 2.75) is 38.9 Å². The van der Waals surface area contributed by atoms with Crippen LogP contribution in [0.3, 0.4) is 0 Å². The molecule has 0 amide bonds. The van der Waals surface area contributed by atoms with Crippen LogP contribution in [0.5, 0.6) is 0 Å². The molecule has 172 valence electrons. The van der Waals surface area contributed by atoms with Gasteiger partial charge in [-0.25, -0.2) is 0 Å². The highest BCUT2D eigenvalue weighted by atomic mass is 16.7. The Morgan fingerprint density at radius 3 is 2.06 bits per heavy atom. The Morgan fingerprint density at radius 2 is 1.31 bits per heavy atom. The van der Waals surface area contributed by atoms with Gasteiger partial charge in [0.1, 0.15) is 11.2 Å². The summed E-state index contributed by atoms with van der Waals surface area (Å²) in [4.78, 5) is 0. The summed E-state index contributed by atoms with van der Waals surface area (Å²) in [5.41, 5.74) is 5.14. The largest absolute Gasteiger partial charge is 0.498 e. The smallest absolute Gasteiger partial charge is 0.456 e. The molecule has 2 aromatic heterocycles. The number of rotatable bonds is 2. The highest BCUT2D eigenvalue weighted by Gasteiger charge is 2.52. The molecule has 0 bridgehead atoms. The first kappa shape index (κ1) is 20.8. The number of aromatic nitrogens is 1. The van der Waals surface area contributed by atoms with Crippen molar-refractivity contribution in [3.05, 3.63) is 84.9 Å². The Kier molecular flexibility index (Phi) is 4.16. The van der Waals surface area contributed by atoms with Gasteiger partial charge in [-0.05, 0) is 58.0 Å². The number of fused-ring (bicyclic) bond motifs is 7. The molecule has 5 heteroatoms. The van der Waals surface area contributed by atoms with Crippen LogP contribution in [-0.4, -0.2) is 22.9 Å². The molecule has 1 aliphatic heterocycles. The average Bonchev–Trinajstić information content (AvgIpc) is 3.46. The van der Waals surface area contributed by atoms with Crippen molar-refractivity contribution in [1.82, 2.24) is 4.57 Å². The second-order valence-electron chi connectivity index (χ2n) is 10.4. The second-order valence-corrected chi connectivity index (χ2v) is 10.4. The summed E-state index contributed by atoms with van der Waals surface area (Å²) in [5.74, 6) is 0. The zero-order valence-corrected chi connectivity index (χ0v) is 20.3. The van der Waals surface area contributed by atoms with E-state index in [1.165, 1.54) is 5.39 Å². The van der Waals surface area contributed by atoms with Crippen LogP contribution in [0.1, 0.15) is 27.7 Å². The van der Waals surface area contributed by atoms with Crippen molar-refractivity contribution in [3.8, 4) is 5.69 Å². The quantitative estimate of drug-likeness (QED) is 0.262. The van der Waals surface area contributed by atoms with E-state index < -0.39 is 18.3 Å². The number of furan rings is 1. The summed E-state index contributed by atoms with van der Waals surface area (Å²) in [7, 11) is -0.522. The Hall–Kier alpha value is -3.54. The summed E-state index contributed by atoms with van der Waals surface area (Å²) in [5, 5.41) is 4.53. The SMILES string of the molecule is CC1(C)OB(c2cc3c4ccccc4n(-c4ccccc4)c3c3c2oc2ccccc23)OC1(C)C. The lowest BCUT2D eigenvalue weighted by atomic mass is 9.77. The molecule has 0 radical (unpaired) electrons. The first-order chi connectivity index (χ1) is 16.9. The van der Waals surface area contributed by atoms with Crippen molar-refractivity contribution in [2.75, 3.05) is 0 Å². The molecule has 0 saturated carbocycles. The summed E-state index contributed by atoms with van der Waals surface area (Å²) in [6.45, 7) is 8.34. The molecule has 3 heterocycles. The molecule has 4 aromatic carbocycles. The maximum atomic E-state index is 6.55. The van der Waals surface area contributed by atoms with E-state index in [1.807, 2.05) is 12.1 Å². The fraction of sp³-hybridized carbons (Fsp3) is 0.200. The van der Waals surface area contributed by atoms with E-state index in [1.54, 1.807) is 0 Å². The van der Waals surface area contributed by atoms with Gasteiger partial charge in [-0.15, -0.1) is 0 Å². The van der Waals surface area contributed by atoms with Gasteiger partial charge < -0.3 is 18.3 Å². The molecule has 1 saturated heterocycles. The third-order valence-corrected chi connectivity index (χ3v) is 7.83. The molecule has 35 heavy (non-hydrogen) atoms. The zero-order chi connectivity index (χ0) is 23.9. The molecular formula is C30H26BNO3. The Labute approximate surface area is 204 Å². The molecule has 1 fully saturated rings. The normalized spacial score (nSPS) is 17.3. The van der Waals surface area contributed by atoms with Crippen LogP contribution in [0.15, 0.2) is 89.3 Å². The van der Waals surface area contributed by atoms with Crippen molar-refractivity contribution >= 4 is 56.3 Å². The standard InChI is InChI=1S/C30H26BNO3/c1-29(2)30(3,4)35-31(34-29)23-18-22-20-14-8-10-16-24(20)32(19-12-6-5-7-13-19)27(22)26-21-15-9-11-17-25(21)33-28(23)26/h5-18H,1-4H3. The number of para-hydroxylation sites is 3. The van der Waals surface area contributed by atoms with Crippen LogP contribution in [0.25, 0.3) is 49.4 Å². The fourth-order valence-electron chi connectivity index (χ4n) is 5.35. The van der Waals surface area contributed by atoms with Crippen molar-refractivity contribution in [2.24, 2.45) is 0 Å². The fourth-order valence-corrected chi connectivity index (χ4v) is 5.35. The second kappa shape index (κ2) is 7.00. The van der Waals surface area contributed by atoms with Gasteiger partial charge in [-0.3, -0.25) is 0 Å². The lowest BCUT2D eigenvalue weighted by Crippen LogP contribution is -2.41. The van der Waals surface area contributed by atoms with Gasteiger partial charge in [0.25, 0.3) is 0 Å². The van der Waals surface area contributed by atoms with E-state index in [4.69, 9.17) is 13.7 Å². The van der Waals surface area contributed by atoms with Crippen LogP contribution in [0.2, 0.25) is 0 Å². The summed E-state index contributed by atoms with van der Waals surface area (Å²) >= 11 is 0. The number of hydrogen-bond donors (Lipinski definition) is 0. The first-order valence-corrected chi connectivity index (χ1v) is 12.1. The maximum absolute atomic E-state index is 6.55. The monoisotopic (exact) mass is 459 g/mol. The van der Waals surface area contributed by atoms with Crippen molar-refractivity contribution < 1.29 is 13.7 Å². The first-order valence-electron chi connectivity index (χ1n) is 12.1. The van der Waals surface area contributed by atoms with Crippen LogP contribution in [0.4, 0.5) is 0 Å². The van der Waals surface area contributed by atoms with Gasteiger partial charge in [0.2, 0.25) is 0 Å². The molecule has 0 aliphatic carbocycles. The molecular weight excluding hydrogens is 433 g/mol. The Morgan fingerprint density at radius 1 is 0.686 bits per heavy atom. The van der Waals surface area contributed by atoms with Crippen LogP contribution >= 0.6 is 0 Å². The number of benzene rings is 4. The van der Waals surface area contributed by atoms with Crippen molar-refractivity contribution in [3.63, 3.8) is 0 Å². The van der Waals surface area contributed by atoms with Gasteiger partial charge in [0.05, 0.1) is 27.6 Å². The van der Waals surface area contributed by atoms with Crippen molar-refractivity contribution in [1.29, 1.82) is 0 Å². The maximum Gasteiger partial charge on any atom is 0.498 e. The molecule has 0 atom stereocenters. The van der Waals surface area contributed by atoms with E-state index >= 15 is 0 Å². The predicted molar refractivity (Wildman–Crippen MR) is 144 cm³/mol. The highest BCUT2D eigenvalue weighted by Crippen LogP contribution is 2.42. The Bertz CT molecular complexity index is 1740. The minimum atomic E-state index is -0.522. The summed E-state index contributed by atoms with van der Waals surface area (Å²) < 4.78 is 21.9. The third kappa shape index (κ3) is 2.83. The van der Waals surface area contributed by atoms with Gasteiger partial charge in [0.15, 0.2) is 0 Å². The molecule has 7 rings (SSSR count). The van der Waals surface area contributed by atoms with Crippen LogP contribution in [0, 0.1) is 0 Å².